The molecule has 5 rings (SSSR count). The zero-order valence-electron chi connectivity index (χ0n) is 16.8. The lowest BCUT2D eigenvalue weighted by atomic mass is 10.1. The summed E-state index contributed by atoms with van der Waals surface area (Å²) in [6.45, 7) is 1.78. The lowest BCUT2D eigenvalue weighted by Gasteiger charge is -2.19. The average Bonchev–Trinajstić information content (AvgIpc) is 3.34. The Morgan fingerprint density at radius 2 is 1.81 bits per heavy atom. The summed E-state index contributed by atoms with van der Waals surface area (Å²) in [7, 11) is 2.03. The molecule has 2 aromatic carbocycles. The van der Waals surface area contributed by atoms with Crippen LogP contribution in [0.4, 0.5) is 4.39 Å². The molecule has 0 aliphatic heterocycles. The standard InChI is InChI=1S/C24H18Cl2FN3O/c1-14(23-18(25)4-5-19(27)24(23)26)31-30-10-8-20-22(30)12-17(13-28-20)15-3-6-21-16(11-15)7-9-29(21)2/h3-14H,1-2H3. The summed E-state index contributed by atoms with van der Waals surface area (Å²) in [5.74, 6) is -0.533. The number of rotatable bonds is 4. The third-order valence-corrected chi connectivity index (χ3v) is 6.19. The van der Waals surface area contributed by atoms with Crippen LogP contribution in [0, 0.1) is 5.82 Å². The van der Waals surface area contributed by atoms with Crippen molar-refractivity contribution in [2.24, 2.45) is 7.05 Å². The molecule has 3 heterocycles. The van der Waals surface area contributed by atoms with Crippen LogP contribution in [0.2, 0.25) is 10.0 Å². The van der Waals surface area contributed by atoms with E-state index in [1.165, 1.54) is 17.6 Å². The molecule has 7 heteroatoms. The van der Waals surface area contributed by atoms with Crippen molar-refractivity contribution in [3.63, 3.8) is 0 Å². The third-order valence-electron chi connectivity index (χ3n) is 5.48. The maximum atomic E-state index is 13.9. The van der Waals surface area contributed by atoms with Gasteiger partial charge in [-0.05, 0) is 55.0 Å². The van der Waals surface area contributed by atoms with Crippen LogP contribution in [0.25, 0.3) is 33.1 Å². The van der Waals surface area contributed by atoms with Gasteiger partial charge in [0.1, 0.15) is 11.3 Å². The number of aryl methyl sites for hydroxylation is 1. The smallest absolute Gasteiger partial charge is 0.150 e. The second-order valence-electron chi connectivity index (χ2n) is 7.47. The van der Waals surface area contributed by atoms with Crippen LogP contribution in [0.3, 0.4) is 0 Å². The molecule has 156 valence electrons. The molecule has 0 amide bonds. The quantitative estimate of drug-likeness (QED) is 0.279. The molecule has 1 atom stereocenters. The number of hydrogen-bond acceptors (Lipinski definition) is 2. The Morgan fingerprint density at radius 3 is 2.65 bits per heavy atom. The largest absolute Gasteiger partial charge is 0.406 e. The molecule has 31 heavy (non-hydrogen) atoms. The average molecular weight is 454 g/mol. The fourth-order valence-corrected chi connectivity index (χ4v) is 4.51. The molecule has 0 aliphatic rings. The molecule has 3 aromatic heterocycles. The number of halogens is 3. The fraction of sp³-hybridized carbons (Fsp3) is 0.125. The minimum Gasteiger partial charge on any atom is -0.406 e. The molecule has 4 nitrogen and oxygen atoms in total. The molecule has 0 aliphatic carbocycles. The van der Waals surface area contributed by atoms with E-state index >= 15 is 0 Å². The highest BCUT2D eigenvalue weighted by atomic mass is 35.5. The Kier molecular flexibility index (Phi) is 4.88. The van der Waals surface area contributed by atoms with Gasteiger partial charge in [0.2, 0.25) is 0 Å². The molecule has 0 saturated carbocycles. The van der Waals surface area contributed by atoms with Gasteiger partial charge in [0.05, 0.1) is 10.5 Å². The van der Waals surface area contributed by atoms with Crippen molar-refractivity contribution in [1.82, 2.24) is 14.3 Å². The number of benzene rings is 2. The number of nitrogens with zero attached hydrogens (tertiary/aromatic N) is 3. The fourth-order valence-electron chi connectivity index (χ4n) is 3.84. The van der Waals surface area contributed by atoms with Crippen molar-refractivity contribution < 1.29 is 9.23 Å². The minimum absolute atomic E-state index is 0.0357. The monoisotopic (exact) mass is 453 g/mol. The highest BCUT2D eigenvalue weighted by molar-refractivity contribution is 6.36. The predicted molar refractivity (Wildman–Crippen MR) is 123 cm³/mol. The predicted octanol–water partition coefficient (Wildman–Crippen LogP) is 6.83. The van der Waals surface area contributed by atoms with E-state index in [1.54, 1.807) is 17.9 Å². The van der Waals surface area contributed by atoms with E-state index in [0.29, 0.717) is 10.6 Å². The second kappa shape index (κ2) is 7.59. The summed E-state index contributed by atoms with van der Waals surface area (Å²) >= 11 is 12.4. The van der Waals surface area contributed by atoms with Gasteiger partial charge in [-0.2, -0.15) is 4.73 Å². The minimum atomic E-state index is -0.573. The molecule has 0 fully saturated rings. The molecule has 0 spiro atoms. The lowest BCUT2D eigenvalue weighted by molar-refractivity contribution is 0.0562. The first kappa shape index (κ1) is 19.9. The molecule has 1 unspecified atom stereocenters. The Labute approximate surface area is 188 Å². The van der Waals surface area contributed by atoms with Crippen molar-refractivity contribution in [1.29, 1.82) is 0 Å². The Morgan fingerprint density at radius 1 is 0.968 bits per heavy atom. The summed E-state index contributed by atoms with van der Waals surface area (Å²) < 4.78 is 17.6. The van der Waals surface area contributed by atoms with E-state index in [9.17, 15) is 4.39 Å². The first-order valence-corrected chi connectivity index (χ1v) is 10.5. The summed E-state index contributed by atoms with van der Waals surface area (Å²) in [6, 6.07) is 15.0. The topological polar surface area (TPSA) is 32.0 Å². The molecule has 0 radical (unpaired) electrons. The van der Waals surface area contributed by atoms with Gasteiger partial charge in [0, 0.05) is 52.7 Å². The van der Waals surface area contributed by atoms with Crippen molar-refractivity contribution in [3.05, 3.63) is 88.5 Å². The Balaban J connectivity index is 1.52. The first-order valence-electron chi connectivity index (χ1n) is 9.75. The van der Waals surface area contributed by atoms with Crippen LogP contribution in [0.15, 0.2) is 67.1 Å². The van der Waals surface area contributed by atoms with Gasteiger partial charge in [0.15, 0.2) is 6.10 Å². The van der Waals surface area contributed by atoms with Crippen molar-refractivity contribution in [2.45, 2.75) is 13.0 Å². The van der Waals surface area contributed by atoms with Crippen LogP contribution in [0.1, 0.15) is 18.6 Å². The van der Waals surface area contributed by atoms with Gasteiger partial charge in [0.25, 0.3) is 0 Å². The molecule has 0 N–H and O–H groups in total. The first-order chi connectivity index (χ1) is 14.9. The summed E-state index contributed by atoms with van der Waals surface area (Å²) in [6.07, 6.45) is 5.09. The zero-order valence-corrected chi connectivity index (χ0v) is 18.3. The van der Waals surface area contributed by atoms with Crippen LogP contribution >= 0.6 is 23.2 Å². The van der Waals surface area contributed by atoms with E-state index in [2.05, 4.69) is 33.8 Å². The maximum absolute atomic E-state index is 13.9. The summed E-state index contributed by atoms with van der Waals surface area (Å²) in [5.41, 5.74) is 5.18. The van der Waals surface area contributed by atoms with Crippen molar-refractivity contribution in [2.75, 3.05) is 0 Å². The lowest BCUT2D eigenvalue weighted by Crippen LogP contribution is -2.16. The van der Waals surface area contributed by atoms with E-state index in [0.717, 1.165) is 27.5 Å². The highest BCUT2D eigenvalue weighted by Crippen LogP contribution is 2.34. The van der Waals surface area contributed by atoms with Crippen molar-refractivity contribution >= 4 is 45.1 Å². The third kappa shape index (κ3) is 3.44. The van der Waals surface area contributed by atoms with Gasteiger partial charge < -0.3 is 9.40 Å². The number of hydrogen-bond donors (Lipinski definition) is 0. The van der Waals surface area contributed by atoms with Crippen LogP contribution in [-0.4, -0.2) is 14.3 Å². The van der Waals surface area contributed by atoms with Crippen LogP contribution in [-0.2, 0) is 7.05 Å². The number of pyridine rings is 1. The van der Waals surface area contributed by atoms with E-state index in [-0.39, 0.29) is 5.02 Å². The van der Waals surface area contributed by atoms with Gasteiger partial charge in [-0.25, -0.2) is 4.39 Å². The van der Waals surface area contributed by atoms with Gasteiger partial charge in [-0.15, -0.1) is 0 Å². The molecule has 0 bridgehead atoms. The van der Waals surface area contributed by atoms with E-state index < -0.39 is 11.9 Å². The van der Waals surface area contributed by atoms with Gasteiger partial charge in [-0.1, -0.05) is 29.3 Å². The molecule has 5 aromatic rings. The SMILES string of the molecule is CC(On1ccc2ncc(-c3ccc4c(ccn4C)c3)cc21)c1c(Cl)ccc(F)c1Cl. The number of aromatic nitrogens is 3. The van der Waals surface area contributed by atoms with E-state index in [1.807, 2.05) is 31.6 Å². The normalized spacial score (nSPS) is 12.5. The molecular weight excluding hydrogens is 436 g/mol. The maximum Gasteiger partial charge on any atom is 0.150 e. The van der Waals surface area contributed by atoms with Crippen LogP contribution < -0.4 is 4.84 Å². The Bertz CT molecular complexity index is 1440. The van der Waals surface area contributed by atoms with E-state index in [4.69, 9.17) is 28.0 Å². The molecule has 0 saturated heterocycles. The van der Waals surface area contributed by atoms with Crippen molar-refractivity contribution in [3.8, 4) is 11.1 Å². The van der Waals surface area contributed by atoms with Gasteiger partial charge >= 0.3 is 0 Å². The summed E-state index contributed by atoms with van der Waals surface area (Å²) in [5, 5.41) is 1.48. The summed E-state index contributed by atoms with van der Waals surface area (Å²) in [4.78, 5) is 10.6. The second-order valence-corrected chi connectivity index (χ2v) is 8.26. The number of fused-ring (bicyclic) bond motifs is 2. The molecular formula is C24H18Cl2FN3O. The highest BCUT2D eigenvalue weighted by Gasteiger charge is 2.20. The van der Waals surface area contributed by atoms with Gasteiger partial charge in [-0.3, -0.25) is 4.98 Å². The zero-order chi connectivity index (χ0) is 21.7. The van der Waals surface area contributed by atoms with Crippen LogP contribution in [0.5, 0.6) is 0 Å². The Hall–Kier alpha value is -3.02.